The average Bonchev–Trinajstić information content (AvgIpc) is 2.18. The number of hydrogen-bond donors (Lipinski definition) is 1. The summed E-state index contributed by atoms with van der Waals surface area (Å²) in [5.74, 6) is -0.00981. The van der Waals surface area contributed by atoms with E-state index < -0.39 is 0 Å². The molecule has 0 aliphatic heterocycles. The lowest BCUT2D eigenvalue weighted by atomic mass is 10.1. The van der Waals surface area contributed by atoms with Gasteiger partial charge in [-0.2, -0.15) is 0 Å². The van der Waals surface area contributed by atoms with E-state index in [2.05, 4.69) is 21.2 Å². The second-order valence-corrected chi connectivity index (χ2v) is 5.35. The number of halogens is 1. The molecule has 0 fully saturated rings. The van der Waals surface area contributed by atoms with E-state index in [1.54, 1.807) is 0 Å². The SMILES string of the molecule is Cc1ccc(C(=O)NCC(C)Br)cc1C. The standard InChI is InChI=1S/C12H16BrNO/c1-8-4-5-11(6-9(8)2)12(15)14-7-10(3)13/h4-6,10H,7H2,1-3H3,(H,14,15). The predicted octanol–water partition coefficient (Wildman–Crippen LogP) is 2.82. The Balaban J connectivity index is 2.70. The zero-order valence-electron chi connectivity index (χ0n) is 9.30. The van der Waals surface area contributed by atoms with Crippen LogP contribution >= 0.6 is 15.9 Å². The molecule has 0 bridgehead atoms. The van der Waals surface area contributed by atoms with Crippen LogP contribution in [0.5, 0.6) is 0 Å². The number of hydrogen-bond acceptors (Lipinski definition) is 1. The van der Waals surface area contributed by atoms with Crippen molar-refractivity contribution in [3.8, 4) is 0 Å². The molecule has 2 nitrogen and oxygen atoms in total. The highest BCUT2D eigenvalue weighted by Gasteiger charge is 2.06. The summed E-state index contributed by atoms with van der Waals surface area (Å²) < 4.78 is 0. The van der Waals surface area contributed by atoms with E-state index in [1.165, 1.54) is 5.56 Å². The minimum absolute atomic E-state index is 0.00981. The number of aryl methyl sites for hydroxylation is 2. The fourth-order valence-corrected chi connectivity index (χ4v) is 1.38. The number of carbonyl (C=O) groups is 1. The Morgan fingerprint density at radius 3 is 2.60 bits per heavy atom. The van der Waals surface area contributed by atoms with Gasteiger partial charge in [0.1, 0.15) is 0 Å². The molecule has 1 unspecified atom stereocenters. The largest absolute Gasteiger partial charge is 0.351 e. The van der Waals surface area contributed by atoms with Crippen molar-refractivity contribution < 1.29 is 4.79 Å². The quantitative estimate of drug-likeness (QED) is 0.841. The van der Waals surface area contributed by atoms with Gasteiger partial charge in [0.2, 0.25) is 0 Å². The van der Waals surface area contributed by atoms with Crippen molar-refractivity contribution in [3.63, 3.8) is 0 Å². The fourth-order valence-electron chi connectivity index (χ4n) is 1.22. The smallest absolute Gasteiger partial charge is 0.251 e. The fraction of sp³-hybridized carbons (Fsp3) is 0.417. The van der Waals surface area contributed by atoms with Crippen LogP contribution in [0.4, 0.5) is 0 Å². The Morgan fingerprint density at radius 1 is 1.40 bits per heavy atom. The van der Waals surface area contributed by atoms with Crippen molar-refractivity contribution in [1.82, 2.24) is 5.32 Å². The van der Waals surface area contributed by atoms with Gasteiger partial charge in [-0.05, 0) is 37.1 Å². The lowest BCUT2D eigenvalue weighted by Gasteiger charge is -2.08. The normalized spacial score (nSPS) is 12.3. The Hall–Kier alpha value is -0.830. The molecule has 0 heterocycles. The number of amides is 1. The first-order valence-electron chi connectivity index (χ1n) is 5.00. The number of nitrogens with one attached hydrogen (secondary N) is 1. The van der Waals surface area contributed by atoms with Gasteiger partial charge in [0, 0.05) is 16.9 Å². The molecule has 0 aliphatic rings. The van der Waals surface area contributed by atoms with Gasteiger partial charge in [-0.25, -0.2) is 0 Å². The molecule has 0 spiro atoms. The third kappa shape index (κ3) is 3.67. The van der Waals surface area contributed by atoms with Gasteiger partial charge in [0.05, 0.1) is 0 Å². The molecule has 0 saturated heterocycles. The van der Waals surface area contributed by atoms with Crippen molar-refractivity contribution in [2.24, 2.45) is 0 Å². The van der Waals surface area contributed by atoms with Gasteiger partial charge in [-0.1, -0.05) is 28.9 Å². The molecule has 0 aliphatic carbocycles. The molecule has 1 N–H and O–H groups in total. The van der Waals surface area contributed by atoms with E-state index in [-0.39, 0.29) is 5.91 Å². The van der Waals surface area contributed by atoms with Gasteiger partial charge in [0.25, 0.3) is 5.91 Å². The van der Waals surface area contributed by atoms with Crippen LogP contribution in [-0.2, 0) is 0 Å². The summed E-state index contributed by atoms with van der Waals surface area (Å²) in [7, 11) is 0. The summed E-state index contributed by atoms with van der Waals surface area (Å²) in [6.07, 6.45) is 0. The van der Waals surface area contributed by atoms with Gasteiger partial charge in [-0.3, -0.25) is 4.79 Å². The lowest BCUT2D eigenvalue weighted by molar-refractivity contribution is 0.0954. The zero-order chi connectivity index (χ0) is 11.4. The third-order valence-electron chi connectivity index (χ3n) is 2.31. The van der Waals surface area contributed by atoms with Crippen LogP contribution in [0.25, 0.3) is 0 Å². The van der Waals surface area contributed by atoms with E-state index in [1.807, 2.05) is 39.0 Å². The highest BCUT2D eigenvalue weighted by molar-refractivity contribution is 9.09. The van der Waals surface area contributed by atoms with Crippen LogP contribution in [0.1, 0.15) is 28.4 Å². The second kappa shape index (κ2) is 5.31. The molecule has 1 amide bonds. The molecule has 1 aromatic carbocycles. The van der Waals surface area contributed by atoms with Crippen LogP contribution in [0, 0.1) is 13.8 Å². The minimum Gasteiger partial charge on any atom is -0.351 e. The van der Waals surface area contributed by atoms with E-state index >= 15 is 0 Å². The van der Waals surface area contributed by atoms with E-state index in [4.69, 9.17) is 0 Å². The average molecular weight is 270 g/mol. The van der Waals surface area contributed by atoms with Crippen LogP contribution < -0.4 is 5.32 Å². The summed E-state index contributed by atoms with van der Waals surface area (Å²) in [6, 6.07) is 5.75. The first kappa shape index (κ1) is 12.2. The minimum atomic E-state index is -0.00981. The predicted molar refractivity (Wildman–Crippen MR) is 66.6 cm³/mol. The number of carbonyl (C=O) groups excluding carboxylic acids is 1. The molecule has 82 valence electrons. The molecule has 1 aromatic rings. The maximum atomic E-state index is 11.7. The Labute approximate surface area is 99.2 Å². The zero-order valence-corrected chi connectivity index (χ0v) is 10.9. The number of alkyl halides is 1. The maximum Gasteiger partial charge on any atom is 0.251 e. The summed E-state index contributed by atoms with van der Waals surface area (Å²) in [5, 5.41) is 2.86. The number of benzene rings is 1. The molecule has 0 radical (unpaired) electrons. The maximum absolute atomic E-state index is 11.7. The lowest BCUT2D eigenvalue weighted by Crippen LogP contribution is -2.28. The first-order valence-corrected chi connectivity index (χ1v) is 5.92. The molecule has 3 heteroatoms. The van der Waals surface area contributed by atoms with E-state index in [0.29, 0.717) is 11.4 Å². The van der Waals surface area contributed by atoms with Crippen LogP contribution in [-0.4, -0.2) is 17.3 Å². The van der Waals surface area contributed by atoms with Gasteiger partial charge in [0.15, 0.2) is 0 Å². The van der Waals surface area contributed by atoms with Crippen molar-refractivity contribution in [2.45, 2.75) is 25.6 Å². The highest BCUT2D eigenvalue weighted by Crippen LogP contribution is 2.09. The van der Waals surface area contributed by atoms with Gasteiger partial charge >= 0.3 is 0 Å². The monoisotopic (exact) mass is 269 g/mol. The molecule has 1 atom stereocenters. The summed E-state index contributed by atoms with van der Waals surface area (Å²) in [4.78, 5) is 12.0. The van der Waals surface area contributed by atoms with E-state index in [9.17, 15) is 4.79 Å². The van der Waals surface area contributed by atoms with E-state index in [0.717, 1.165) is 11.1 Å². The summed E-state index contributed by atoms with van der Waals surface area (Å²) in [5.41, 5.74) is 3.08. The van der Waals surface area contributed by atoms with Gasteiger partial charge < -0.3 is 5.32 Å². The molecule has 15 heavy (non-hydrogen) atoms. The second-order valence-electron chi connectivity index (χ2n) is 3.79. The first-order chi connectivity index (χ1) is 7.00. The van der Waals surface area contributed by atoms with Crippen LogP contribution in [0.3, 0.4) is 0 Å². The van der Waals surface area contributed by atoms with Crippen molar-refractivity contribution in [3.05, 3.63) is 34.9 Å². The Morgan fingerprint density at radius 2 is 2.07 bits per heavy atom. The highest BCUT2D eigenvalue weighted by atomic mass is 79.9. The summed E-state index contributed by atoms with van der Waals surface area (Å²) >= 11 is 3.39. The van der Waals surface area contributed by atoms with Crippen molar-refractivity contribution in [1.29, 1.82) is 0 Å². The molecule has 0 aromatic heterocycles. The van der Waals surface area contributed by atoms with Gasteiger partial charge in [-0.15, -0.1) is 0 Å². The van der Waals surface area contributed by atoms with Crippen LogP contribution in [0.2, 0.25) is 0 Å². The molecular formula is C12H16BrNO. The number of rotatable bonds is 3. The molecular weight excluding hydrogens is 254 g/mol. The molecule has 1 rings (SSSR count). The third-order valence-corrected chi connectivity index (χ3v) is 2.64. The Kier molecular flexibility index (Phi) is 4.33. The topological polar surface area (TPSA) is 29.1 Å². The van der Waals surface area contributed by atoms with Crippen LogP contribution in [0.15, 0.2) is 18.2 Å². The Bertz CT molecular complexity index is 361. The molecule has 0 saturated carbocycles. The van der Waals surface area contributed by atoms with Crippen molar-refractivity contribution >= 4 is 21.8 Å². The van der Waals surface area contributed by atoms with Crippen molar-refractivity contribution in [2.75, 3.05) is 6.54 Å². The summed E-state index contributed by atoms with van der Waals surface area (Å²) in [6.45, 7) is 6.70.